The number of carbonyl (C=O) groups is 1. The Labute approximate surface area is 144 Å². The SMILES string of the molecule is C[C@H](CNC(=O)c1cc(-c2ccc(O)cc2)n[nH]1)Oc1cccnc1. The molecule has 7 heteroatoms. The van der Waals surface area contributed by atoms with Crippen molar-refractivity contribution >= 4 is 5.91 Å². The summed E-state index contributed by atoms with van der Waals surface area (Å²) in [7, 11) is 0. The maximum atomic E-state index is 12.2. The molecule has 2 heterocycles. The monoisotopic (exact) mass is 338 g/mol. The summed E-state index contributed by atoms with van der Waals surface area (Å²) in [4.78, 5) is 16.2. The number of pyridine rings is 1. The number of aromatic hydroxyl groups is 1. The maximum absolute atomic E-state index is 12.2. The van der Waals surface area contributed by atoms with Gasteiger partial charge in [0.2, 0.25) is 0 Å². The van der Waals surface area contributed by atoms with Gasteiger partial charge in [-0.1, -0.05) is 0 Å². The molecule has 3 rings (SSSR count). The van der Waals surface area contributed by atoms with Crippen LogP contribution in [0.2, 0.25) is 0 Å². The highest BCUT2D eigenvalue weighted by Gasteiger charge is 2.13. The molecule has 0 saturated heterocycles. The highest BCUT2D eigenvalue weighted by atomic mass is 16.5. The van der Waals surface area contributed by atoms with Crippen molar-refractivity contribution in [2.45, 2.75) is 13.0 Å². The third-order valence-electron chi connectivity index (χ3n) is 3.51. The molecule has 3 aromatic rings. The van der Waals surface area contributed by atoms with E-state index in [0.29, 0.717) is 23.7 Å². The summed E-state index contributed by atoms with van der Waals surface area (Å²) in [5.74, 6) is 0.569. The van der Waals surface area contributed by atoms with Gasteiger partial charge in [-0.25, -0.2) is 0 Å². The van der Waals surface area contributed by atoms with Crippen LogP contribution in [0.1, 0.15) is 17.4 Å². The van der Waals surface area contributed by atoms with Crippen LogP contribution in [0.5, 0.6) is 11.5 Å². The summed E-state index contributed by atoms with van der Waals surface area (Å²) in [6, 6.07) is 11.9. The first-order chi connectivity index (χ1) is 12.1. The molecule has 0 aliphatic rings. The number of hydrogen-bond donors (Lipinski definition) is 3. The Balaban J connectivity index is 1.56. The first-order valence-electron chi connectivity index (χ1n) is 7.81. The lowest BCUT2D eigenvalue weighted by molar-refractivity contribution is 0.0927. The van der Waals surface area contributed by atoms with Crippen LogP contribution >= 0.6 is 0 Å². The molecule has 128 valence electrons. The van der Waals surface area contributed by atoms with Crippen molar-refractivity contribution in [1.29, 1.82) is 0 Å². The van der Waals surface area contributed by atoms with E-state index in [-0.39, 0.29) is 17.8 Å². The number of benzene rings is 1. The molecule has 0 aliphatic heterocycles. The van der Waals surface area contributed by atoms with Gasteiger partial charge >= 0.3 is 0 Å². The number of hydrogen-bond acceptors (Lipinski definition) is 5. The van der Waals surface area contributed by atoms with Crippen LogP contribution in [0.15, 0.2) is 54.9 Å². The third kappa shape index (κ3) is 4.35. The van der Waals surface area contributed by atoms with Crippen molar-refractivity contribution < 1.29 is 14.6 Å². The Morgan fingerprint density at radius 1 is 1.32 bits per heavy atom. The van der Waals surface area contributed by atoms with Crippen molar-refractivity contribution in [2.75, 3.05) is 6.54 Å². The van der Waals surface area contributed by atoms with Gasteiger partial charge in [0, 0.05) is 11.8 Å². The summed E-state index contributed by atoms with van der Waals surface area (Å²) in [6.07, 6.45) is 3.09. The van der Waals surface area contributed by atoms with E-state index in [1.54, 1.807) is 48.8 Å². The van der Waals surface area contributed by atoms with Crippen LogP contribution in [-0.2, 0) is 0 Å². The second-order valence-electron chi connectivity index (χ2n) is 5.54. The largest absolute Gasteiger partial charge is 0.508 e. The first kappa shape index (κ1) is 16.5. The number of nitrogens with zero attached hydrogens (tertiary/aromatic N) is 2. The lowest BCUT2D eigenvalue weighted by Gasteiger charge is -2.14. The molecule has 0 aliphatic carbocycles. The van der Waals surface area contributed by atoms with E-state index < -0.39 is 0 Å². The summed E-state index contributed by atoms with van der Waals surface area (Å²) in [5.41, 5.74) is 1.79. The van der Waals surface area contributed by atoms with Crippen molar-refractivity contribution in [3.05, 3.63) is 60.6 Å². The smallest absolute Gasteiger partial charge is 0.269 e. The van der Waals surface area contributed by atoms with Gasteiger partial charge in [-0.2, -0.15) is 5.10 Å². The molecule has 1 atom stereocenters. The van der Waals surface area contributed by atoms with Crippen molar-refractivity contribution in [1.82, 2.24) is 20.5 Å². The number of carbonyl (C=O) groups excluding carboxylic acids is 1. The molecule has 0 fully saturated rings. The topological polar surface area (TPSA) is 100 Å². The zero-order valence-electron chi connectivity index (χ0n) is 13.6. The fourth-order valence-corrected chi connectivity index (χ4v) is 2.24. The number of nitrogens with one attached hydrogen (secondary N) is 2. The molecule has 3 N–H and O–H groups in total. The zero-order valence-corrected chi connectivity index (χ0v) is 13.6. The van der Waals surface area contributed by atoms with E-state index in [1.807, 2.05) is 13.0 Å². The molecular formula is C18H18N4O3. The second kappa shape index (κ2) is 7.48. The standard InChI is InChI=1S/C18H18N4O3/c1-12(25-15-3-2-8-19-11-15)10-20-18(24)17-9-16(21-22-17)13-4-6-14(23)7-5-13/h2-9,11-12,23H,10H2,1H3,(H,20,24)(H,21,22)/t12-/m1/s1. The van der Waals surface area contributed by atoms with Gasteiger partial charge in [-0.15, -0.1) is 0 Å². The molecule has 0 bridgehead atoms. The highest BCUT2D eigenvalue weighted by molar-refractivity contribution is 5.93. The fraction of sp³-hybridized carbons (Fsp3) is 0.167. The van der Waals surface area contributed by atoms with Gasteiger partial charge in [-0.3, -0.25) is 14.9 Å². The fourth-order valence-electron chi connectivity index (χ4n) is 2.24. The number of amides is 1. The van der Waals surface area contributed by atoms with Crippen LogP contribution < -0.4 is 10.1 Å². The van der Waals surface area contributed by atoms with Crippen molar-refractivity contribution in [3.63, 3.8) is 0 Å². The number of aromatic nitrogens is 3. The summed E-state index contributed by atoms with van der Waals surface area (Å²) in [5, 5.41) is 19.0. The Bertz CT molecular complexity index is 831. The van der Waals surface area contributed by atoms with Crippen molar-refractivity contribution in [3.8, 4) is 22.8 Å². The minimum absolute atomic E-state index is 0.180. The molecule has 0 spiro atoms. The van der Waals surface area contributed by atoms with Gasteiger partial charge in [0.25, 0.3) is 5.91 Å². The van der Waals surface area contributed by atoms with Gasteiger partial charge in [0.1, 0.15) is 23.3 Å². The third-order valence-corrected chi connectivity index (χ3v) is 3.51. The van der Waals surface area contributed by atoms with E-state index in [0.717, 1.165) is 5.56 Å². The molecule has 25 heavy (non-hydrogen) atoms. The number of phenols is 1. The Morgan fingerprint density at radius 2 is 2.12 bits per heavy atom. The minimum Gasteiger partial charge on any atom is -0.508 e. The zero-order chi connectivity index (χ0) is 17.6. The van der Waals surface area contributed by atoms with Gasteiger partial charge in [-0.05, 0) is 49.4 Å². The lowest BCUT2D eigenvalue weighted by atomic mass is 10.1. The minimum atomic E-state index is -0.265. The average Bonchev–Trinajstić information content (AvgIpc) is 3.11. The molecule has 0 saturated carbocycles. The van der Waals surface area contributed by atoms with E-state index in [2.05, 4.69) is 20.5 Å². The second-order valence-corrected chi connectivity index (χ2v) is 5.54. The number of rotatable bonds is 6. The average molecular weight is 338 g/mol. The van der Waals surface area contributed by atoms with Crippen LogP contribution in [0.25, 0.3) is 11.3 Å². The van der Waals surface area contributed by atoms with Gasteiger partial charge in [0.05, 0.1) is 18.4 Å². The van der Waals surface area contributed by atoms with Crippen molar-refractivity contribution in [2.24, 2.45) is 0 Å². The Morgan fingerprint density at radius 3 is 2.84 bits per heavy atom. The number of ether oxygens (including phenoxy) is 1. The summed E-state index contributed by atoms with van der Waals surface area (Å²) >= 11 is 0. The Hall–Kier alpha value is -3.35. The van der Waals surface area contributed by atoms with E-state index >= 15 is 0 Å². The summed E-state index contributed by atoms with van der Waals surface area (Å²) in [6.45, 7) is 2.21. The first-order valence-corrected chi connectivity index (χ1v) is 7.81. The predicted molar refractivity (Wildman–Crippen MR) is 92.3 cm³/mol. The maximum Gasteiger partial charge on any atom is 0.269 e. The van der Waals surface area contributed by atoms with Crippen LogP contribution in [-0.4, -0.2) is 38.8 Å². The molecule has 7 nitrogen and oxygen atoms in total. The van der Waals surface area contributed by atoms with Gasteiger partial charge < -0.3 is 15.2 Å². The normalized spacial score (nSPS) is 11.7. The van der Waals surface area contributed by atoms with E-state index in [4.69, 9.17) is 4.74 Å². The quantitative estimate of drug-likeness (QED) is 0.641. The molecular weight excluding hydrogens is 320 g/mol. The van der Waals surface area contributed by atoms with Crippen LogP contribution in [0, 0.1) is 0 Å². The molecule has 0 radical (unpaired) electrons. The summed E-state index contributed by atoms with van der Waals surface area (Å²) < 4.78 is 5.66. The molecule has 2 aromatic heterocycles. The molecule has 1 amide bonds. The Kier molecular flexibility index (Phi) is 4.94. The number of aromatic amines is 1. The number of H-pyrrole nitrogens is 1. The predicted octanol–water partition coefficient (Wildman–Crippen LogP) is 2.37. The van der Waals surface area contributed by atoms with Gasteiger partial charge in [0.15, 0.2) is 0 Å². The van der Waals surface area contributed by atoms with Crippen LogP contribution in [0.3, 0.4) is 0 Å². The van der Waals surface area contributed by atoms with E-state index in [9.17, 15) is 9.90 Å². The van der Waals surface area contributed by atoms with E-state index in [1.165, 1.54) is 0 Å². The number of phenolic OH excluding ortho intramolecular Hbond substituents is 1. The highest BCUT2D eigenvalue weighted by Crippen LogP contribution is 2.20. The molecule has 1 aromatic carbocycles. The van der Waals surface area contributed by atoms with Crippen LogP contribution in [0.4, 0.5) is 0 Å². The lowest BCUT2D eigenvalue weighted by Crippen LogP contribution is -2.33. The molecule has 0 unspecified atom stereocenters.